The fourth-order valence-electron chi connectivity index (χ4n) is 2.80. The molecule has 2 unspecified atom stereocenters. The zero-order valence-electron chi connectivity index (χ0n) is 11.2. The van der Waals surface area contributed by atoms with E-state index in [-0.39, 0.29) is 19.0 Å². The minimum absolute atomic E-state index is 0.00549. The Hall–Kier alpha value is -0.330. The first-order valence-electron chi connectivity index (χ1n) is 6.68. The van der Waals surface area contributed by atoms with Gasteiger partial charge in [0.2, 0.25) is 0 Å². The number of hydrogen-bond acceptors (Lipinski definition) is 3. The maximum atomic E-state index is 12.9. The van der Waals surface area contributed by atoms with Gasteiger partial charge in [0.25, 0.3) is 0 Å². The van der Waals surface area contributed by atoms with E-state index in [0.717, 1.165) is 19.5 Å². The molecule has 1 saturated heterocycles. The molecular weight excluding hydrogens is 243 g/mol. The summed E-state index contributed by atoms with van der Waals surface area (Å²) in [6.07, 6.45) is -3.36. The molecule has 0 aliphatic carbocycles. The van der Waals surface area contributed by atoms with Crippen molar-refractivity contribution < 1.29 is 13.2 Å². The second kappa shape index (κ2) is 6.73. The second-order valence-corrected chi connectivity index (χ2v) is 4.79. The van der Waals surface area contributed by atoms with Gasteiger partial charge in [-0.1, -0.05) is 13.8 Å². The second-order valence-electron chi connectivity index (χ2n) is 4.79. The van der Waals surface area contributed by atoms with Crippen molar-refractivity contribution in [3.8, 4) is 0 Å². The van der Waals surface area contributed by atoms with Crippen molar-refractivity contribution in [2.75, 3.05) is 32.7 Å². The zero-order chi connectivity index (χ0) is 13.8. The van der Waals surface area contributed by atoms with Gasteiger partial charge in [-0.05, 0) is 32.5 Å². The largest absolute Gasteiger partial charge is 0.404 e. The third kappa shape index (κ3) is 3.83. The van der Waals surface area contributed by atoms with Crippen LogP contribution >= 0.6 is 0 Å². The smallest absolute Gasteiger partial charge is 0.330 e. The van der Waals surface area contributed by atoms with E-state index >= 15 is 0 Å². The monoisotopic (exact) mass is 267 g/mol. The lowest BCUT2D eigenvalue weighted by Gasteiger charge is -2.31. The molecule has 0 bridgehead atoms. The number of likely N-dealkylation sites (N-methyl/N-ethyl adjacent to an activating group) is 1. The lowest BCUT2D eigenvalue weighted by Crippen LogP contribution is -2.47. The molecule has 0 aromatic carbocycles. The lowest BCUT2D eigenvalue weighted by molar-refractivity contribution is -0.182. The molecule has 0 aromatic rings. The molecule has 0 spiro atoms. The van der Waals surface area contributed by atoms with Crippen molar-refractivity contribution in [2.45, 2.75) is 44.9 Å². The van der Waals surface area contributed by atoms with E-state index in [2.05, 4.69) is 4.90 Å². The minimum Gasteiger partial charge on any atom is -0.330 e. The molecule has 2 atom stereocenters. The molecule has 1 fully saturated rings. The van der Waals surface area contributed by atoms with Crippen LogP contribution in [0.1, 0.15) is 26.7 Å². The first-order valence-corrected chi connectivity index (χ1v) is 6.68. The fraction of sp³-hybridized carbons (Fsp3) is 1.00. The number of nitrogens with two attached hydrogens (primary N) is 1. The van der Waals surface area contributed by atoms with Gasteiger partial charge in [0.05, 0.1) is 0 Å². The van der Waals surface area contributed by atoms with Gasteiger partial charge in [-0.3, -0.25) is 9.80 Å². The zero-order valence-corrected chi connectivity index (χ0v) is 11.2. The topological polar surface area (TPSA) is 32.5 Å². The van der Waals surface area contributed by atoms with E-state index < -0.39 is 12.2 Å². The summed E-state index contributed by atoms with van der Waals surface area (Å²) in [6.45, 7) is 6.99. The highest BCUT2D eigenvalue weighted by atomic mass is 19.4. The van der Waals surface area contributed by atoms with Crippen molar-refractivity contribution in [2.24, 2.45) is 5.73 Å². The highest BCUT2D eigenvalue weighted by Gasteiger charge is 2.45. The molecule has 1 aliphatic heterocycles. The summed E-state index contributed by atoms with van der Waals surface area (Å²) in [5, 5.41) is 0. The Bertz CT molecular complexity index is 241. The van der Waals surface area contributed by atoms with Crippen LogP contribution in [0.15, 0.2) is 0 Å². The van der Waals surface area contributed by atoms with Crippen LogP contribution in [0.2, 0.25) is 0 Å². The minimum atomic E-state index is -4.17. The average Bonchev–Trinajstić information content (AvgIpc) is 2.75. The van der Waals surface area contributed by atoms with E-state index in [1.807, 2.05) is 13.8 Å². The molecule has 18 heavy (non-hydrogen) atoms. The maximum absolute atomic E-state index is 12.9. The van der Waals surface area contributed by atoms with E-state index in [1.165, 1.54) is 0 Å². The number of nitrogens with zero attached hydrogens (tertiary/aromatic N) is 2. The van der Waals surface area contributed by atoms with Gasteiger partial charge in [-0.25, -0.2) is 0 Å². The van der Waals surface area contributed by atoms with E-state index in [0.29, 0.717) is 13.1 Å². The molecule has 0 saturated carbocycles. The van der Waals surface area contributed by atoms with Crippen LogP contribution in [-0.2, 0) is 0 Å². The molecule has 3 nitrogen and oxygen atoms in total. The third-order valence-electron chi connectivity index (χ3n) is 3.78. The Balaban J connectivity index is 2.62. The standard InChI is InChI=1S/C12H24F3N3/c1-3-17(4-2)10-6-8-18(9-10)11(5-7-16)12(13,14)15/h10-11H,3-9,16H2,1-2H3. The Morgan fingerprint density at radius 2 is 1.94 bits per heavy atom. The van der Waals surface area contributed by atoms with Crippen molar-refractivity contribution >= 4 is 0 Å². The van der Waals surface area contributed by atoms with E-state index in [1.54, 1.807) is 4.90 Å². The quantitative estimate of drug-likeness (QED) is 0.795. The molecule has 6 heteroatoms. The molecule has 1 heterocycles. The van der Waals surface area contributed by atoms with Crippen molar-refractivity contribution in [3.63, 3.8) is 0 Å². The summed E-state index contributed by atoms with van der Waals surface area (Å²) in [7, 11) is 0. The summed E-state index contributed by atoms with van der Waals surface area (Å²) >= 11 is 0. The molecule has 2 N–H and O–H groups in total. The van der Waals surface area contributed by atoms with Crippen LogP contribution in [0, 0.1) is 0 Å². The molecule has 0 amide bonds. The van der Waals surface area contributed by atoms with Crippen LogP contribution in [0.25, 0.3) is 0 Å². The Morgan fingerprint density at radius 3 is 2.39 bits per heavy atom. The van der Waals surface area contributed by atoms with Crippen LogP contribution < -0.4 is 5.73 Å². The van der Waals surface area contributed by atoms with Gasteiger partial charge in [-0.2, -0.15) is 13.2 Å². The predicted molar refractivity (Wildman–Crippen MR) is 66.4 cm³/mol. The Morgan fingerprint density at radius 1 is 1.33 bits per heavy atom. The van der Waals surface area contributed by atoms with Crippen LogP contribution in [0.5, 0.6) is 0 Å². The number of halogens is 3. The number of likely N-dealkylation sites (tertiary alicyclic amines) is 1. The van der Waals surface area contributed by atoms with Crippen LogP contribution in [-0.4, -0.2) is 60.8 Å². The number of rotatable bonds is 6. The number of hydrogen-bond donors (Lipinski definition) is 1. The summed E-state index contributed by atoms with van der Waals surface area (Å²) < 4.78 is 38.8. The van der Waals surface area contributed by atoms with Gasteiger partial charge >= 0.3 is 6.18 Å². The number of alkyl halides is 3. The third-order valence-corrected chi connectivity index (χ3v) is 3.78. The molecule has 1 aliphatic rings. The SMILES string of the molecule is CCN(CC)C1CCN(C(CCN)C(F)(F)F)C1. The van der Waals surface area contributed by atoms with Gasteiger partial charge in [0.15, 0.2) is 0 Å². The highest BCUT2D eigenvalue weighted by Crippen LogP contribution is 2.30. The summed E-state index contributed by atoms with van der Waals surface area (Å²) in [6, 6.07) is -1.12. The van der Waals surface area contributed by atoms with E-state index in [9.17, 15) is 13.2 Å². The van der Waals surface area contributed by atoms with Crippen LogP contribution in [0.4, 0.5) is 13.2 Å². The van der Waals surface area contributed by atoms with Crippen molar-refractivity contribution in [3.05, 3.63) is 0 Å². The van der Waals surface area contributed by atoms with Gasteiger partial charge < -0.3 is 5.73 Å². The lowest BCUT2D eigenvalue weighted by atomic mass is 10.1. The molecule has 0 aromatic heterocycles. The van der Waals surface area contributed by atoms with Crippen molar-refractivity contribution in [1.29, 1.82) is 0 Å². The fourth-order valence-corrected chi connectivity index (χ4v) is 2.80. The molecular formula is C12H24F3N3. The normalized spacial score (nSPS) is 23.8. The van der Waals surface area contributed by atoms with Gasteiger partial charge in [-0.15, -0.1) is 0 Å². The molecule has 0 radical (unpaired) electrons. The molecule has 108 valence electrons. The average molecular weight is 267 g/mol. The summed E-state index contributed by atoms with van der Waals surface area (Å²) in [5.74, 6) is 0. The summed E-state index contributed by atoms with van der Waals surface area (Å²) in [5.41, 5.74) is 5.30. The summed E-state index contributed by atoms with van der Waals surface area (Å²) in [4.78, 5) is 3.78. The Labute approximate surface area is 107 Å². The molecule has 1 rings (SSSR count). The first kappa shape index (κ1) is 15.7. The van der Waals surface area contributed by atoms with E-state index in [4.69, 9.17) is 5.73 Å². The Kier molecular flexibility index (Phi) is 5.88. The first-order chi connectivity index (χ1) is 8.43. The van der Waals surface area contributed by atoms with Gasteiger partial charge in [0.1, 0.15) is 6.04 Å². The van der Waals surface area contributed by atoms with Gasteiger partial charge in [0, 0.05) is 19.1 Å². The maximum Gasteiger partial charge on any atom is 0.404 e. The predicted octanol–water partition coefficient (Wildman–Crippen LogP) is 1.68. The van der Waals surface area contributed by atoms with Crippen molar-refractivity contribution in [1.82, 2.24) is 9.80 Å². The van der Waals surface area contributed by atoms with Crippen LogP contribution in [0.3, 0.4) is 0 Å². The highest BCUT2D eigenvalue weighted by molar-refractivity contribution is 4.89.